The first kappa shape index (κ1) is 23.2. The molecule has 0 radical (unpaired) electrons. The van der Waals surface area contributed by atoms with Crippen LogP contribution in [0.15, 0.2) is 132 Å². The number of aromatic nitrogens is 5. The van der Waals surface area contributed by atoms with Crippen molar-refractivity contribution in [2.75, 3.05) is 0 Å². The lowest BCUT2D eigenvalue weighted by Crippen LogP contribution is -2.00. The molecule has 4 aromatic carbocycles. The molecule has 0 atom stereocenters. The van der Waals surface area contributed by atoms with Crippen molar-refractivity contribution in [3.8, 4) is 45.6 Å². The van der Waals surface area contributed by atoms with E-state index in [1.165, 1.54) is 0 Å². The van der Waals surface area contributed by atoms with E-state index in [9.17, 15) is 0 Å². The number of rotatable bonds is 4. The van der Waals surface area contributed by atoms with E-state index in [0.717, 1.165) is 55.2 Å². The Bertz CT molecular complexity index is 2150. The maximum absolute atomic E-state index is 6.22. The molecule has 0 bridgehead atoms. The van der Waals surface area contributed by atoms with Crippen molar-refractivity contribution in [1.82, 2.24) is 24.9 Å². The molecule has 6 nitrogen and oxygen atoms in total. The largest absolute Gasteiger partial charge is 0.454 e. The zero-order chi connectivity index (χ0) is 27.2. The van der Waals surface area contributed by atoms with Crippen LogP contribution in [-0.4, -0.2) is 24.9 Å². The van der Waals surface area contributed by atoms with Crippen LogP contribution in [0.3, 0.4) is 0 Å². The van der Waals surface area contributed by atoms with Crippen LogP contribution in [0, 0.1) is 0 Å². The Labute approximate surface area is 235 Å². The van der Waals surface area contributed by atoms with E-state index in [2.05, 4.69) is 17.1 Å². The molecule has 0 N–H and O–H groups in total. The maximum Gasteiger partial charge on any atom is 0.164 e. The van der Waals surface area contributed by atoms with Crippen LogP contribution in [-0.2, 0) is 0 Å². The summed E-state index contributed by atoms with van der Waals surface area (Å²) < 4.78 is 6.22. The summed E-state index contributed by atoms with van der Waals surface area (Å²) in [5.41, 5.74) is 6.57. The topological polar surface area (TPSA) is 77.6 Å². The van der Waals surface area contributed by atoms with Gasteiger partial charge in [0.05, 0.1) is 11.2 Å². The van der Waals surface area contributed by atoms with Crippen LogP contribution < -0.4 is 0 Å². The number of hydrogen-bond donors (Lipinski definition) is 0. The Morgan fingerprint density at radius 2 is 1.15 bits per heavy atom. The van der Waals surface area contributed by atoms with Crippen molar-refractivity contribution in [3.05, 3.63) is 128 Å². The fourth-order valence-corrected chi connectivity index (χ4v) is 5.25. The third kappa shape index (κ3) is 4.01. The van der Waals surface area contributed by atoms with Gasteiger partial charge in [-0.05, 0) is 30.3 Å². The normalized spacial score (nSPS) is 11.4. The molecule has 4 heterocycles. The number of benzene rings is 4. The number of pyridine rings is 2. The fourth-order valence-electron chi connectivity index (χ4n) is 5.25. The average molecular weight is 528 g/mol. The van der Waals surface area contributed by atoms with Gasteiger partial charge in [-0.2, -0.15) is 0 Å². The summed E-state index contributed by atoms with van der Waals surface area (Å²) in [5.74, 6) is 1.84. The number of nitrogens with zero attached hydrogens (tertiary/aromatic N) is 5. The Hall–Kier alpha value is -5.75. The van der Waals surface area contributed by atoms with Crippen molar-refractivity contribution in [1.29, 1.82) is 0 Å². The third-order valence-corrected chi connectivity index (χ3v) is 7.21. The second kappa shape index (κ2) is 9.47. The predicted molar refractivity (Wildman–Crippen MR) is 162 cm³/mol. The van der Waals surface area contributed by atoms with Gasteiger partial charge < -0.3 is 4.42 Å². The van der Waals surface area contributed by atoms with Crippen molar-refractivity contribution in [2.45, 2.75) is 0 Å². The Balaban J connectivity index is 1.30. The number of hydrogen-bond acceptors (Lipinski definition) is 6. The van der Waals surface area contributed by atoms with Crippen LogP contribution in [0.4, 0.5) is 0 Å². The van der Waals surface area contributed by atoms with Gasteiger partial charge >= 0.3 is 0 Å². The second-order valence-electron chi connectivity index (χ2n) is 9.74. The fraction of sp³-hybridized carbons (Fsp3) is 0. The first-order chi connectivity index (χ1) is 20.3. The molecule has 0 aliphatic carbocycles. The molecule has 0 spiro atoms. The minimum atomic E-state index is 0.593. The van der Waals surface area contributed by atoms with E-state index in [1.54, 1.807) is 0 Å². The van der Waals surface area contributed by atoms with Gasteiger partial charge in [-0.15, -0.1) is 0 Å². The Kier molecular flexibility index (Phi) is 5.35. The van der Waals surface area contributed by atoms with Gasteiger partial charge in [-0.1, -0.05) is 91.0 Å². The molecule has 0 unspecified atom stereocenters. The second-order valence-corrected chi connectivity index (χ2v) is 9.74. The minimum absolute atomic E-state index is 0.593. The van der Waals surface area contributed by atoms with E-state index < -0.39 is 0 Å². The molecule has 8 aromatic rings. The first-order valence-corrected chi connectivity index (χ1v) is 13.4. The highest BCUT2D eigenvalue weighted by atomic mass is 16.3. The van der Waals surface area contributed by atoms with E-state index >= 15 is 0 Å². The highest BCUT2D eigenvalue weighted by Gasteiger charge is 2.17. The van der Waals surface area contributed by atoms with Crippen molar-refractivity contribution >= 4 is 32.8 Å². The molecule has 41 heavy (non-hydrogen) atoms. The van der Waals surface area contributed by atoms with Gasteiger partial charge in [-0.3, -0.25) is 4.98 Å². The molecular formula is C35H21N5O. The Morgan fingerprint density at radius 1 is 0.463 bits per heavy atom. The van der Waals surface area contributed by atoms with E-state index in [4.69, 9.17) is 24.4 Å². The summed E-state index contributed by atoms with van der Waals surface area (Å²) in [6.45, 7) is 0. The van der Waals surface area contributed by atoms with Crippen molar-refractivity contribution in [3.63, 3.8) is 0 Å². The van der Waals surface area contributed by atoms with Crippen molar-refractivity contribution < 1.29 is 4.42 Å². The van der Waals surface area contributed by atoms with Gasteiger partial charge in [0.2, 0.25) is 0 Å². The summed E-state index contributed by atoms with van der Waals surface area (Å²) in [6, 6.07) is 40.0. The van der Waals surface area contributed by atoms with Gasteiger partial charge in [0.15, 0.2) is 23.1 Å². The van der Waals surface area contributed by atoms with E-state index in [1.807, 2.05) is 115 Å². The van der Waals surface area contributed by atoms with Gasteiger partial charge in [0.25, 0.3) is 0 Å². The third-order valence-electron chi connectivity index (χ3n) is 7.21. The number of fused-ring (bicyclic) bond motifs is 4. The molecule has 0 aliphatic rings. The maximum atomic E-state index is 6.22. The number of para-hydroxylation sites is 1. The highest BCUT2D eigenvalue weighted by molar-refractivity contribution is 6.08. The van der Waals surface area contributed by atoms with E-state index in [-0.39, 0.29) is 0 Å². The molecule has 0 saturated heterocycles. The van der Waals surface area contributed by atoms with Gasteiger partial charge in [0, 0.05) is 39.0 Å². The molecule has 0 saturated carbocycles. The smallest absolute Gasteiger partial charge is 0.164 e. The van der Waals surface area contributed by atoms with E-state index in [0.29, 0.717) is 23.2 Å². The van der Waals surface area contributed by atoms with Crippen LogP contribution in [0.5, 0.6) is 0 Å². The molecule has 0 amide bonds. The molecule has 6 heteroatoms. The SMILES string of the molecule is c1ccc(-c2nc(-c3ccccc3)nc(-c3cccc4nc(-c5nccc6c5oc5ccccc56)ccc34)n2)cc1. The molecule has 8 rings (SSSR count). The average Bonchev–Trinajstić information content (AvgIpc) is 3.44. The molecular weight excluding hydrogens is 506 g/mol. The monoisotopic (exact) mass is 527 g/mol. The highest BCUT2D eigenvalue weighted by Crippen LogP contribution is 2.35. The molecule has 4 aromatic heterocycles. The first-order valence-electron chi connectivity index (χ1n) is 13.4. The number of furan rings is 1. The Morgan fingerprint density at radius 3 is 1.90 bits per heavy atom. The van der Waals surface area contributed by atoms with Gasteiger partial charge in [0.1, 0.15) is 11.3 Å². The lowest BCUT2D eigenvalue weighted by atomic mass is 10.1. The van der Waals surface area contributed by atoms with Gasteiger partial charge in [-0.25, -0.2) is 19.9 Å². The summed E-state index contributed by atoms with van der Waals surface area (Å²) in [4.78, 5) is 24.3. The van der Waals surface area contributed by atoms with Crippen LogP contribution in [0.2, 0.25) is 0 Å². The summed E-state index contributed by atoms with van der Waals surface area (Å²) in [6.07, 6.45) is 1.81. The quantitative estimate of drug-likeness (QED) is 0.229. The van der Waals surface area contributed by atoms with Crippen LogP contribution >= 0.6 is 0 Å². The molecule has 192 valence electrons. The lowest BCUT2D eigenvalue weighted by molar-refractivity contribution is 0.668. The molecule has 0 aliphatic heterocycles. The van der Waals surface area contributed by atoms with Crippen LogP contribution in [0.1, 0.15) is 0 Å². The van der Waals surface area contributed by atoms with Crippen molar-refractivity contribution in [2.24, 2.45) is 0 Å². The zero-order valence-corrected chi connectivity index (χ0v) is 21.8. The molecule has 0 fully saturated rings. The predicted octanol–water partition coefficient (Wildman–Crippen LogP) is 8.38. The zero-order valence-electron chi connectivity index (χ0n) is 21.8. The standard InChI is InChI=1S/C35H21N5O/c1-3-10-22(11-4-1)33-38-34(23-12-5-2-6-13-23)40-35(39-33)27-15-9-16-28-24(27)18-19-29(37-28)31-32-26(20-21-36-31)25-14-7-8-17-30(25)41-32/h1-21H. The summed E-state index contributed by atoms with van der Waals surface area (Å²) in [7, 11) is 0. The summed E-state index contributed by atoms with van der Waals surface area (Å²) >= 11 is 0. The summed E-state index contributed by atoms with van der Waals surface area (Å²) in [5, 5.41) is 3.03. The minimum Gasteiger partial charge on any atom is -0.454 e. The lowest BCUT2D eigenvalue weighted by Gasteiger charge is -2.10. The van der Waals surface area contributed by atoms with Crippen LogP contribution in [0.25, 0.3) is 78.4 Å².